The Balaban J connectivity index is 1.45. The van der Waals surface area contributed by atoms with Gasteiger partial charge in [0.25, 0.3) is 5.91 Å². The van der Waals surface area contributed by atoms with Crippen LogP contribution in [0.25, 0.3) is 10.8 Å². The fourth-order valence-electron chi connectivity index (χ4n) is 3.89. The van der Waals surface area contributed by atoms with E-state index < -0.39 is 0 Å². The smallest absolute Gasteiger partial charge is 0.269 e. The van der Waals surface area contributed by atoms with Gasteiger partial charge in [-0.2, -0.15) is 0 Å². The highest BCUT2D eigenvalue weighted by Crippen LogP contribution is 2.36. The number of hydrogen-bond donors (Lipinski definition) is 0. The van der Waals surface area contributed by atoms with Crippen LogP contribution in [-0.2, 0) is 17.6 Å². The van der Waals surface area contributed by atoms with E-state index in [4.69, 9.17) is 4.74 Å². The Bertz CT molecular complexity index is 1150. The summed E-state index contributed by atoms with van der Waals surface area (Å²) in [5.74, 6) is 0.343. The number of nitrogens with zero attached hydrogens (tertiary/aromatic N) is 2. The number of ether oxygens (including phenoxy) is 1. The fourth-order valence-corrected chi connectivity index (χ4v) is 3.89. The normalized spacial score (nSPS) is 12.8. The molecule has 0 radical (unpaired) electrons. The number of amides is 1. The summed E-state index contributed by atoms with van der Waals surface area (Å²) < 4.78 is 5.80. The van der Waals surface area contributed by atoms with Crippen LogP contribution >= 0.6 is 0 Å². The number of carbonyl (C=O) groups excluding carboxylic acids is 1. The van der Waals surface area contributed by atoms with Crippen LogP contribution in [-0.4, -0.2) is 17.5 Å². The lowest BCUT2D eigenvalue weighted by Crippen LogP contribution is -2.31. The van der Waals surface area contributed by atoms with Crippen LogP contribution in [0.4, 0.5) is 11.4 Å². The number of hydrogen-bond acceptors (Lipinski definition) is 3. The van der Waals surface area contributed by atoms with Crippen molar-refractivity contribution in [1.29, 1.82) is 0 Å². The largest absolute Gasteiger partial charge is 0.468 e. The first-order chi connectivity index (χ1) is 14.3. The van der Waals surface area contributed by atoms with Crippen LogP contribution in [0.1, 0.15) is 11.1 Å². The summed E-state index contributed by atoms with van der Waals surface area (Å²) in [4.78, 5) is 19.4. The molecule has 142 valence electrons. The Morgan fingerprint density at radius 3 is 2.10 bits per heavy atom. The average molecular weight is 380 g/mol. The second-order valence-corrected chi connectivity index (χ2v) is 7.14. The minimum absolute atomic E-state index is 0.0754. The molecule has 4 nitrogen and oxygen atoms in total. The van der Waals surface area contributed by atoms with Gasteiger partial charge in [0.2, 0.25) is 5.88 Å². The second-order valence-electron chi connectivity index (χ2n) is 7.14. The Kier molecular flexibility index (Phi) is 4.45. The number of carbonyl (C=O) groups is 1. The lowest BCUT2D eigenvalue weighted by Gasteiger charge is -2.25. The van der Waals surface area contributed by atoms with Gasteiger partial charge in [0, 0.05) is 17.6 Å². The summed E-state index contributed by atoms with van der Waals surface area (Å²) in [6.07, 6.45) is 3.58. The van der Waals surface area contributed by atoms with Gasteiger partial charge < -0.3 is 4.74 Å². The summed E-state index contributed by atoms with van der Waals surface area (Å²) >= 11 is 0. The molecular formula is C25H20N2O2. The predicted molar refractivity (Wildman–Crippen MR) is 115 cm³/mol. The van der Waals surface area contributed by atoms with Crippen molar-refractivity contribution < 1.29 is 9.53 Å². The van der Waals surface area contributed by atoms with Crippen molar-refractivity contribution in [2.75, 3.05) is 11.5 Å². The zero-order valence-electron chi connectivity index (χ0n) is 15.9. The first kappa shape index (κ1) is 17.4. The van der Waals surface area contributed by atoms with E-state index in [0.29, 0.717) is 5.88 Å². The molecule has 1 aliphatic rings. The van der Waals surface area contributed by atoms with Crippen LogP contribution in [0.5, 0.6) is 5.88 Å². The molecule has 0 saturated carbocycles. The van der Waals surface area contributed by atoms with Gasteiger partial charge in [-0.05, 0) is 41.5 Å². The maximum absolute atomic E-state index is 13.3. The molecule has 29 heavy (non-hydrogen) atoms. The highest BCUT2D eigenvalue weighted by atomic mass is 16.5. The zero-order valence-corrected chi connectivity index (χ0v) is 15.9. The third-order valence-corrected chi connectivity index (χ3v) is 5.33. The molecule has 0 N–H and O–H groups in total. The van der Waals surface area contributed by atoms with E-state index in [2.05, 4.69) is 17.1 Å². The fraction of sp³-hybridized carbons (Fsp3) is 0.120. The molecule has 0 unspecified atom stereocenters. The van der Waals surface area contributed by atoms with E-state index in [1.54, 1.807) is 11.1 Å². The number of pyridine rings is 1. The van der Waals surface area contributed by atoms with Gasteiger partial charge in [-0.3, -0.25) is 9.69 Å². The van der Waals surface area contributed by atoms with Gasteiger partial charge in [0.05, 0.1) is 11.4 Å². The lowest BCUT2D eigenvalue weighted by molar-refractivity contribution is -0.119. The Morgan fingerprint density at radius 2 is 1.41 bits per heavy atom. The molecular weight excluding hydrogens is 360 g/mol. The van der Waals surface area contributed by atoms with Crippen LogP contribution in [0.3, 0.4) is 0 Å². The van der Waals surface area contributed by atoms with E-state index in [1.165, 1.54) is 11.1 Å². The van der Waals surface area contributed by atoms with Gasteiger partial charge >= 0.3 is 0 Å². The van der Waals surface area contributed by atoms with Gasteiger partial charge in [-0.1, -0.05) is 60.7 Å². The van der Waals surface area contributed by atoms with E-state index in [-0.39, 0.29) is 12.5 Å². The summed E-state index contributed by atoms with van der Waals surface area (Å²) in [6, 6.07) is 26.0. The number of aryl methyl sites for hydroxylation is 2. The SMILES string of the molecule is O=C(COc1cc2ccccc2cn1)N1c2ccccc2CCc2ccccc21. The van der Waals surface area contributed by atoms with Gasteiger partial charge in [-0.25, -0.2) is 4.98 Å². The minimum Gasteiger partial charge on any atom is -0.468 e. The quantitative estimate of drug-likeness (QED) is 0.498. The summed E-state index contributed by atoms with van der Waals surface area (Å²) in [7, 11) is 0. The molecule has 0 bridgehead atoms. The van der Waals surface area contributed by atoms with Crippen LogP contribution in [0, 0.1) is 0 Å². The van der Waals surface area contributed by atoms with E-state index in [1.807, 2.05) is 66.7 Å². The summed E-state index contributed by atoms with van der Waals surface area (Å²) in [5.41, 5.74) is 4.19. The van der Waals surface area contributed by atoms with E-state index >= 15 is 0 Å². The lowest BCUT2D eigenvalue weighted by atomic mass is 10.0. The number of para-hydroxylation sites is 2. The molecule has 1 aliphatic heterocycles. The first-order valence-corrected chi connectivity index (χ1v) is 9.76. The standard InChI is InChI=1S/C25H20N2O2/c28-25(17-29-24-15-20-9-1-2-10-21(20)16-26-24)27-22-11-5-3-7-18(22)13-14-19-8-4-6-12-23(19)27/h1-12,15-16H,13-14,17H2. The molecule has 0 aliphatic carbocycles. The molecule has 1 aromatic heterocycles. The average Bonchev–Trinajstić information content (AvgIpc) is 2.94. The Labute approximate surface area is 169 Å². The van der Waals surface area contributed by atoms with Crippen LogP contribution in [0.2, 0.25) is 0 Å². The van der Waals surface area contributed by atoms with Crippen molar-refractivity contribution in [1.82, 2.24) is 4.98 Å². The number of benzene rings is 3. The van der Waals surface area contributed by atoms with Crippen molar-refractivity contribution in [3.63, 3.8) is 0 Å². The number of aromatic nitrogens is 1. The first-order valence-electron chi connectivity index (χ1n) is 9.76. The van der Waals surface area contributed by atoms with Crippen molar-refractivity contribution >= 4 is 28.1 Å². The van der Waals surface area contributed by atoms with Gasteiger partial charge in [0.1, 0.15) is 0 Å². The highest BCUT2D eigenvalue weighted by molar-refractivity contribution is 6.03. The van der Waals surface area contributed by atoms with Crippen molar-refractivity contribution in [2.24, 2.45) is 0 Å². The van der Waals surface area contributed by atoms with Gasteiger partial charge in [-0.15, -0.1) is 0 Å². The number of anilines is 2. The third kappa shape index (κ3) is 3.34. The molecule has 0 fully saturated rings. The maximum Gasteiger partial charge on any atom is 0.269 e. The Morgan fingerprint density at radius 1 is 0.828 bits per heavy atom. The number of rotatable bonds is 3. The molecule has 1 amide bonds. The van der Waals surface area contributed by atoms with E-state index in [0.717, 1.165) is 35.0 Å². The predicted octanol–water partition coefficient (Wildman–Crippen LogP) is 5.08. The molecule has 5 rings (SSSR count). The Hall–Kier alpha value is -3.66. The molecule has 0 spiro atoms. The number of fused-ring (bicyclic) bond motifs is 3. The van der Waals surface area contributed by atoms with Crippen molar-refractivity contribution in [2.45, 2.75) is 12.8 Å². The maximum atomic E-state index is 13.3. The highest BCUT2D eigenvalue weighted by Gasteiger charge is 2.25. The molecule has 2 heterocycles. The minimum atomic E-state index is -0.109. The van der Waals surface area contributed by atoms with Crippen LogP contribution < -0.4 is 9.64 Å². The summed E-state index contributed by atoms with van der Waals surface area (Å²) in [6.45, 7) is -0.0754. The molecule has 0 atom stereocenters. The molecule has 0 saturated heterocycles. The summed E-state index contributed by atoms with van der Waals surface area (Å²) in [5, 5.41) is 2.08. The van der Waals surface area contributed by atoms with Gasteiger partial charge in [0.15, 0.2) is 6.61 Å². The third-order valence-electron chi connectivity index (χ3n) is 5.33. The van der Waals surface area contributed by atoms with Crippen molar-refractivity contribution in [3.05, 3.63) is 96.2 Å². The van der Waals surface area contributed by atoms with E-state index in [9.17, 15) is 4.79 Å². The van der Waals surface area contributed by atoms with Crippen LogP contribution in [0.15, 0.2) is 85.1 Å². The molecule has 4 aromatic rings. The van der Waals surface area contributed by atoms with Crippen molar-refractivity contribution in [3.8, 4) is 5.88 Å². The zero-order chi connectivity index (χ0) is 19.6. The molecule has 3 aromatic carbocycles. The monoisotopic (exact) mass is 380 g/mol. The molecule has 4 heteroatoms. The second kappa shape index (κ2) is 7.40. The topological polar surface area (TPSA) is 42.4 Å².